The Labute approximate surface area is 157 Å². The summed E-state index contributed by atoms with van der Waals surface area (Å²) in [5.41, 5.74) is 3.85. The van der Waals surface area contributed by atoms with Crippen molar-refractivity contribution in [1.82, 2.24) is 14.4 Å². The first-order chi connectivity index (χ1) is 12.9. The molecule has 0 aromatic carbocycles. The van der Waals surface area contributed by atoms with E-state index >= 15 is 0 Å². The lowest BCUT2D eigenvalue weighted by atomic mass is 9.99. The van der Waals surface area contributed by atoms with Gasteiger partial charge in [-0.2, -0.15) is 22.0 Å². The minimum atomic E-state index is -5.77. The Morgan fingerprint density at radius 3 is 2.21 bits per heavy atom. The molecule has 0 saturated heterocycles. The Kier molecular flexibility index (Phi) is 5.63. The number of nitrogens with zero attached hydrogens (tertiary/aromatic N) is 3. The molecular formula is C18H19F5N4O. The standard InChI is InChI=1S/C16H13F5N4O.C2H6/c1-7(2)10-5-9(15(17,18)16(19,20)21)8-3-4-12-23-11(13(22)26)6-25(12)14(8)24-10;1-2/h3-7H,1-2H3,(H2,22,26);1-2H3. The fraction of sp³-hybridized carbons (Fsp3) is 0.389. The maximum absolute atomic E-state index is 14.1. The van der Waals surface area contributed by atoms with Crippen LogP contribution in [-0.2, 0) is 5.92 Å². The van der Waals surface area contributed by atoms with Gasteiger partial charge in [-0.1, -0.05) is 27.7 Å². The number of aromatic nitrogens is 3. The van der Waals surface area contributed by atoms with E-state index in [0.717, 1.165) is 18.3 Å². The number of alkyl halides is 5. The normalized spacial score (nSPS) is 12.4. The Hall–Kier alpha value is -2.78. The van der Waals surface area contributed by atoms with E-state index in [4.69, 9.17) is 5.73 Å². The van der Waals surface area contributed by atoms with Crippen LogP contribution in [0.4, 0.5) is 22.0 Å². The fourth-order valence-electron chi connectivity index (χ4n) is 2.58. The number of primary amides is 1. The first-order valence-electron chi connectivity index (χ1n) is 8.51. The molecular weight excluding hydrogens is 383 g/mol. The van der Waals surface area contributed by atoms with E-state index in [1.165, 1.54) is 10.5 Å². The Morgan fingerprint density at radius 1 is 1.11 bits per heavy atom. The third-order valence-electron chi connectivity index (χ3n) is 3.96. The van der Waals surface area contributed by atoms with Gasteiger partial charge in [0.05, 0.1) is 0 Å². The van der Waals surface area contributed by atoms with Gasteiger partial charge >= 0.3 is 12.1 Å². The number of halogens is 5. The summed E-state index contributed by atoms with van der Waals surface area (Å²) in [6.07, 6.45) is -4.61. The Balaban J connectivity index is 0.00000136. The van der Waals surface area contributed by atoms with E-state index in [2.05, 4.69) is 9.97 Å². The maximum Gasteiger partial charge on any atom is 0.458 e. The monoisotopic (exact) mass is 402 g/mol. The van der Waals surface area contributed by atoms with Gasteiger partial charge in [-0.15, -0.1) is 0 Å². The molecule has 152 valence electrons. The number of imidazole rings is 1. The van der Waals surface area contributed by atoms with Crippen molar-refractivity contribution >= 4 is 22.6 Å². The van der Waals surface area contributed by atoms with E-state index < -0.39 is 34.9 Å². The van der Waals surface area contributed by atoms with Crippen molar-refractivity contribution in [2.75, 3.05) is 0 Å². The third-order valence-corrected chi connectivity index (χ3v) is 3.96. The van der Waals surface area contributed by atoms with Crippen LogP contribution < -0.4 is 5.73 Å². The number of carbonyl (C=O) groups is 1. The largest absolute Gasteiger partial charge is 0.458 e. The molecule has 2 N–H and O–H groups in total. The number of amides is 1. The zero-order chi connectivity index (χ0) is 21.4. The average molecular weight is 402 g/mol. The van der Waals surface area contributed by atoms with Crippen LogP contribution in [0.25, 0.3) is 16.7 Å². The van der Waals surface area contributed by atoms with Crippen molar-refractivity contribution < 1.29 is 26.7 Å². The number of pyridine rings is 2. The van der Waals surface area contributed by atoms with Crippen molar-refractivity contribution in [3.05, 3.63) is 41.3 Å². The van der Waals surface area contributed by atoms with Crippen LogP contribution in [-0.4, -0.2) is 26.5 Å². The van der Waals surface area contributed by atoms with Crippen LogP contribution in [0.1, 0.15) is 55.4 Å². The predicted octanol–water partition coefficient (Wildman–Crippen LogP) is 4.79. The second kappa shape index (κ2) is 7.33. The van der Waals surface area contributed by atoms with Crippen LogP contribution in [0.3, 0.4) is 0 Å². The second-order valence-electron chi connectivity index (χ2n) is 6.11. The molecule has 0 aliphatic carbocycles. The van der Waals surface area contributed by atoms with Crippen molar-refractivity contribution in [3.8, 4) is 0 Å². The van der Waals surface area contributed by atoms with Crippen LogP contribution >= 0.6 is 0 Å². The molecule has 0 fully saturated rings. The maximum atomic E-state index is 14.1. The summed E-state index contributed by atoms with van der Waals surface area (Å²) in [5.74, 6) is -6.34. The summed E-state index contributed by atoms with van der Waals surface area (Å²) >= 11 is 0. The highest BCUT2D eigenvalue weighted by atomic mass is 19.4. The molecule has 3 heterocycles. The van der Waals surface area contributed by atoms with Crippen LogP contribution in [0.2, 0.25) is 0 Å². The highest BCUT2D eigenvalue weighted by Crippen LogP contribution is 2.46. The fourth-order valence-corrected chi connectivity index (χ4v) is 2.58. The zero-order valence-electron chi connectivity index (χ0n) is 15.6. The van der Waals surface area contributed by atoms with E-state index in [1.54, 1.807) is 13.8 Å². The minimum absolute atomic E-state index is 0.0539. The van der Waals surface area contributed by atoms with Gasteiger partial charge in [-0.25, -0.2) is 9.97 Å². The zero-order valence-corrected chi connectivity index (χ0v) is 15.6. The quantitative estimate of drug-likeness (QED) is 0.641. The molecule has 3 aromatic heterocycles. The molecule has 0 spiro atoms. The van der Waals surface area contributed by atoms with E-state index in [-0.39, 0.29) is 22.7 Å². The SMILES string of the molecule is CC.CC(C)c1cc(C(F)(F)C(F)(F)F)c2ccc3nc(C(N)=O)cn3c2n1. The van der Waals surface area contributed by atoms with Crippen LogP contribution in [0, 0.1) is 0 Å². The first-order valence-corrected chi connectivity index (χ1v) is 8.51. The number of nitrogens with two attached hydrogens (primary N) is 1. The molecule has 0 aliphatic heterocycles. The van der Waals surface area contributed by atoms with Gasteiger partial charge in [-0.05, 0) is 24.1 Å². The molecule has 1 amide bonds. The summed E-state index contributed by atoms with van der Waals surface area (Å²) in [4.78, 5) is 19.4. The first kappa shape index (κ1) is 21.5. The summed E-state index contributed by atoms with van der Waals surface area (Å²) in [5, 5.41) is -0.391. The highest BCUT2D eigenvalue weighted by molar-refractivity contribution is 5.92. The molecule has 28 heavy (non-hydrogen) atoms. The van der Waals surface area contributed by atoms with Gasteiger partial charge in [0.1, 0.15) is 17.0 Å². The van der Waals surface area contributed by atoms with Gasteiger partial charge in [-0.3, -0.25) is 9.20 Å². The number of rotatable bonds is 3. The minimum Gasteiger partial charge on any atom is -0.364 e. The van der Waals surface area contributed by atoms with E-state index in [0.29, 0.717) is 0 Å². The molecule has 10 heteroatoms. The van der Waals surface area contributed by atoms with Gasteiger partial charge in [0, 0.05) is 22.8 Å². The molecule has 0 saturated carbocycles. The number of carbonyl (C=O) groups excluding carboxylic acids is 1. The molecule has 0 atom stereocenters. The number of hydrogen-bond donors (Lipinski definition) is 1. The second-order valence-corrected chi connectivity index (χ2v) is 6.11. The summed E-state index contributed by atoms with van der Waals surface area (Å²) in [6.45, 7) is 7.24. The Morgan fingerprint density at radius 2 is 1.71 bits per heavy atom. The van der Waals surface area contributed by atoms with Crippen molar-refractivity contribution in [3.63, 3.8) is 0 Å². The van der Waals surface area contributed by atoms with Crippen molar-refractivity contribution in [1.29, 1.82) is 0 Å². The van der Waals surface area contributed by atoms with Gasteiger partial charge in [0.15, 0.2) is 0 Å². The summed E-state index contributed by atoms with van der Waals surface area (Å²) in [6, 6.07) is 3.06. The van der Waals surface area contributed by atoms with Gasteiger partial charge < -0.3 is 5.73 Å². The average Bonchev–Trinajstić information content (AvgIpc) is 3.06. The smallest absolute Gasteiger partial charge is 0.364 e. The summed E-state index contributed by atoms with van der Waals surface area (Å²) < 4.78 is 68.3. The van der Waals surface area contributed by atoms with Crippen LogP contribution in [0.5, 0.6) is 0 Å². The lowest BCUT2D eigenvalue weighted by Crippen LogP contribution is -2.34. The third kappa shape index (κ3) is 3.50. The molecule has 3 rings (SSSR count). The molecule has 0 aliphatic rings. The summed E-state index contributed by atoms with van der Waals surface area (Å²) in [7, 11) is 0. The lowest BCUT2D eigenvalue weighted by Gasteiger charge is -2.22. The molecule has 3 aromatic rings. The molecule has 0 unspecified atom stereocenters. The molecule has 5 nitrogen and oxygen atoms in total. The predicted molar refractivity (Wildman–Crippen MR) is 94.4 cm³/mol. The van der Waals surface area contributed by atoms with E-state index in [1.807, 2.05) is 13.8 Å². The van der Waals surface area contributed by atoms with Gasteiger partial charge in [0.2, 0.25) is 0 Å². The van der Waals surface area contributed by atoms with Crippen molar-refractivity contribution in [2.45, 2.75) is 45.7 Å². The highest BCUT2D eigenvalue weighted by Gasteiger charge is 2.59. The van der Waals surface area contributed by atoms with Crippen molar-refractivity contribution in [2.24, 2.45) is 5.73 Å². The van der Waals surface area contributed by atoms with Gasteiger partial charge in [0.25, 0.3) is 5.91 Å². The Bertz CT molecular complexity index is 1020. The topological polar surface area (TPSA) is 73.3 Å². The lowest BCUT2D eigenvalue weighted by molar-refractivity contribution is -0.288. The van der Waals surface area contributed by atoms with E-state index in [9.17, 15) is 26.7 Å². The molecule has 0 bridgehead atoms. The number of fused-ring (bicyclic) bond motifs is 3. The van der Waals surface area contributed by atoms with Crippen LogP contribution in [0.15, 0.2) is 24.4 Å². The molecule has 0 radical (unpaired) electrons. The number of hydrogen-bond acceptors (Lipinski definition) is 3.